The second-order valence-electron chi connectivity index (χ2n) is 5.00. The predicted molar refractivity (Wildman–Crippen MR) is 81.3 cm³/mol. The van der Waals surface area contributed by atoms with Crippen molar-refractivity contribution in [3.05, 3.63) is 47.4 Å². The molecule has 0 radical (unpaired) electrons. The fourth-order valence-corrected chi connectivity index (χ4v) is 2.03. The summed E-state index contributed by atoms with van der Waals surface area (Å²) in [6, 6.07) is 10.1. The van der Waals surface area contributed by atoms with Gasteiger partial charge in [-0.1, -0.05) is 6.07 Å². The lowest BCUT2D eigenvalue weighted by Crippen LogP contribution is -2.08. The van der Waals surface area contributed by atoms with Crippen LogP contribution in [0.4, 0.5) is 5.69 Å². The molecular weight excluding hydrogens is 252 g/mol. The third-order valence-corrected chi connectivity index (χ3v) is 3.15. The Hall–Kier alpha value is -1.94. The molecule has 0 atom stereocenters. The number of benzene rings is 1. The van der Waals surface area contributed by atoms with Crippen LogP contribution >= 0.6 is 0 Å². The SMILES string of the molecule is CNCc1cc(COc2cccc(N(C)C)c2)oc1C. The summed E-state index contributed by atoms with van der Waals surface area (Å²) >= 11 is 0. The number of rotatable bonds is 6. The standard InChI is InChI=1S/C16H22N2O2/c1-12-13(10-17-2)8-16(20-12)11-19-15-7-5-6-14(9-15)18(3)4/h5-9,17H,10-11H2,1-4H3. The maximum atomic E-state index is 5.79. The van der Waals surface area contributed by atoms with Crippen LogP contribution in [0.1, 0.15) is 17.1 Å². The van der Waals surface area contributed by atoms with Crippen LogP contribution in [0.5, 0.6) is 5.75 Å². The summed E-state index contributed by atoms with van der Waals surface area (Å²) in [5.41, 5.74) is 2.29. The van der Waals surface area contributed by atoms with Crippen molar-refractivity contribution in [1.29, 1.82) is 0 Å². The fraction of sp³-hybridized carbons (Fsp3) is 0.375. The van der Waals surface area contributed by atoms with Gasteiger partial charge in [0, 0.05) is 38.0 Å². The Balaban J connectivity index is 2.01. The molecule has 0 bridgehead atoms. The van der Waals surface area contributed by atoms with Gasteiger partial charge >= 0.3 is 0 Å². The van der Waals surface area contributed by atoms with E-state index in [0.717, 1.165) is 29.5 Å². The van der Waals surface area contributed by atoms with Gasteiger partial charge in [0.05, 0.1) is 0 Å². The summed E-state index contributed by atoms with van der Waals surface area (Å²) in [6.07, 6.45) is 0. The largest absolute Gasteiger partial charge is 0.486 e. The highest BCUT2D eigenvalue weighted by atomic mass is 16.5. The zero-order valence-electron chi connectivity index (χ0n) is 12.6. The first-order valence-electron chi connectivity index (χ1n) is 6.73. The van der Waals surface area contributed by atoms with Gasteiger partial charge in [0.2, 0.25) is 0 Å². The van der Waals surface area contributed by atoms with Gasteiger partial charge in [-0.3, -0.25) is 0 Å². The molecule has 0 aliphatic heterocycles. The van der Waals surface area contributed by atoms with Gasteiger partial charge in [0.25, 0.3) is 0 Å². The number of ether oxygens (including phenoxy) is 1. The van der Waals surface area contributed by atoms with Crippen LogP contribution in [-0.4, -0.2) is 21.1 Å². The van der Waals surface area contributed by atoms with E-state index in [-0.39, 0.29) is 0 Å². The van der Waals surface area contributed by atoms with E-state index in [1.165, 1.54) is 5.56 Å². The van der Waals surface area contributed by atoms with Crippen LogP contribution in [0.2, 0.25) is 0 Å². The molecule has 0 unspecified atom stereocenters. The minimum absolute atomic E-state index is 0.446. The Kier molecular flexibility index (Phi) is 4.69. The van der Waals surface area contributed by atoms with Crippen molar-refractivity contribution in [3.63, 3.8) is 0 Å². The van der Waals surface area contributed by atoms with E-state index in [9.17, 15) is 0 Å². The number of aryl methyl sites for hydroxylation is 1. The lowest BCUT2D eigenvalue weighted by molar-refractivity contribution is 0.267. The van der Waals surface area contributed by atoms with Crippen molar-refractivity contribution in [1.82, 2.24) is 5.32 Å². The zero-order valence-corrected chi connectivity index (χ0v) is 12.6. The second kappa shape index (κ2) is 6.48. The lowest BCUT2D eigenvalue weighted by atomic mass is 10.2. The Bertz CT molecular complexity index is 561. The Morgan fingerprint density at radius 1 is 1.25 bits per heavy atom. The van der Waals surface area contributed by atoms with Crippen molar-refractivity contribution in [2.24, 2.45) is 0 Å². The molecule has 2 aromatic rings. The van der Waals surface area contributed by atoms with Crippen LogP contribution in [-0.2, 0) is 13.2 Å². The normalized spacial score (nSPS) is 10.6. The second-order valence-corrected chi connectivity index (χ2v) is 5.00. The van der Waals surface area contributed by atoms with Gasteiger partial charge in [-0.2, -0.15) is 0 Å². The number of hydrogen-bond donors (Lipinski definition) is 1. The van der Waals surface area contributed by atoms with E-state index in [4.69, 9.17) is 9.15 Å². The molecule has 20 heavy (non-hydrogen) atoms. The zero-order chi connectivity index (χ0) is 14.5. The van der Waals surface area contributed by atoms with Crippen molar-refractivity contribution >= 4 is 5.69 Å². The van der Waals surface area contributed by atoms with E-state index in [1.54, 1.807) is 0 Å². The number of hydrogen-bond acceptors (Lipinski definition) is 4. The molecule has 0 aliphatic rings. The molecule has 1 aromatic carbocycles. The van der Waals surface area contributed by atoms with E-state index in [1.807, 2.05) is 52.3 Å². The van der Waals surface area contributed by atoms with E-state index >= 15 is 0 Å². The van der Waals surface area contributed by atoms with Crippen molar-refractivity contribution in [2.45, 2.75) is 20.1 Å². The molecule has 1 aromatic heterocycles. The molecule has 0 fully saturated rings. The van der Waals surface area contributed by atoms with Gasteiger partial charge in [-0.15, -0.1) is 0 Å². The summed E-state index contributed by atoms with van der Waals surface area (Å²) < 4.78 is 11.5. The highest BCUT2D eigenvalue weighted by molar-refractivity contribution is 5.49. The first-order chi connectivity index (χ1) is 9.60. The van der Waals surface area contributed by atoms with Gasteiger partial charge in [-0.25, -0.2) is 0 Å². The Morgan fingerprint density at radius 2 is 2.05 bits per heavy atom. The Labute approximate surface area is 120 Å². The highest BCUT2D eigenvalue weighted by Gasteiger charge is 2.07. The highest BCUT2D eigenvalue weighted by Crippen LogP contribution is 2.21. The molecule has 0 saturated carbocycles. The molecular formula is C16H22N2O2. The maximum absolute atomic E-state index is 5.79. The van der Waals surface area contributed by atoms with Gasteiger partial charge < -0.3 is 19.4 Å². The van der Waals surface area contributed by atoms with Crippen LogP contribution in [0.25, 0.3) is 0 Å². The van der Waals surface area contributed by atoms with E-state index in [0.29, 0.717) is 6.61 Å². The topological polar surface area (TPSA) is 37.6 Å². The molecule has 1 heterocycles. The molecule has 1 N–H and O–H groups in total. The quantitative estimate of drug-likeness (QED) is 0.879. The molecule has 108 valence electrons. The summed E-state index contributed by atoms with van der Waals surface area (Å²) in [5.74, 6) is 2.64. The average Bonchev–Trinajstić information content (AvgIpc) is 2.78. The van der Waals surface area contributed by atoms with E-state index in [2.05, 4.69) is 16.3 Å². The number of anilines is 1. The molecule has 2 rings (SSSR count). The number of nitrogens with one attached hydrogen (secondary N) is 1. The van der Waals surface area contributed by atoms with Crippen molar-refractivity contribution in [2.75, 3.05) is 26.0 Å². The van der Waals surface area contributed by atoms with Crippen LogP contribution < -0.4 is 15.0 Å². The molecule has 0 amide bonds. The summed E-state index contributed by atoms with van der Waals surface area (Å²) in [7, 11) is 5.95. The molecule has 0 spiro atoms. The summed E-state index contributed by atoms with van der Waals surface area (Å²) in [4.78, 5) is 2.05. The smallest absolute Gasteiger partial charge is 0.146 e. The summed E-state index contributed by atoms with van der Waals surface area (Å²) in [5, 5.41) is 3.13. The van der Waals surface area contributed by atoms with Gasteiger partial charge in [-0.05, 0) is 32.2 Å². The summed E-state index contributed by atoms with van der Waals surface area (Å²) in [6.45, 7) is 3.23. The van der Waals surface area contributed by atoms with E-state index < -0.39 is 0 Å². The molecule has 0 aliphatic carbocycles. The minimum atomic E-state index is 0.446. The molecule has 4 heteroatoms. The van der Waals surface area contributed by atoms with Gasteiger partial charge in [0.1, 0.15) is 23.9 Å². The molecule has 4 nitrogen and oxygen atoms in total. The maximum Gasteiger partial charge on any atom is 0.146 e. The van der Waals surface area contributed by atoms with Crippen LogP contribution in [0.3, 0.4) is 0 Å². The fourth-order valence-electron chi connectivity index (χ4n) is 2.03. The molecule has 0 saturated heterocycles. The Morgan fingerprint density at radius 3 is 2.75 bits per heavy atom. The average molecular weight is 274 g/mol. The van der Waals surface area contributed by atoms with Crippen molar-refractivity contribution < 1.29 is 9.15 Å². The first-order valence-corrected chi connectivity index (χ1v) is 6.73. The monoisotopic (exact) mass is 274 g/mol. The lowest BCUT2D eigenvalue weighted by Gasteiger charge is -2.13. The first kappa shape index (κ1) is 14.5. The van der Waals surface area contributed by atoms with Crippen LogP contribution in [0.15, 0.2) is 34.7 Å². The van der Waals surface area contributed by atoms with Crippen LogP contribution in [0, 0.1) is 6.92 Å². The van der Waals surface area contributed by atoms with Gasteiger partial charge in [0.15, 0.2) is 0 Å². The number of furan rings is 1. The number of nitrogens with zero attached hydrogens (tertiary/aromatic N) is 1. The third kappa shape index (κ3) is 3.54. The van der Waals surface area contributed by atoms with Crippen molar-refractivity contribution in [3.8, 4) is 5.75 Å². The minimum Gasteiger partial charge on any atom is -0.486 e. The third-order valence-electron chi connectivity index (χ3n) is 3.15. The predicted octanol–water partition coefficient (Wildman–Crippen LogP) is 2.95.